The largest absolute Gasteiger partial charge is 0.356 e. The molecule has 0 unspecified atom stereocenters. The molecule has 7 nitrogen and oxygen atoms in total. The molecule has 1 N–H and O–H groups in total. The van der Waals surface area contributed by atoms with Crippen molar-refractivity contribution < 1.29 is 9.59 Å². The van der Waals surface area contributed by atoms with Gasteiger partial charge in [0, 0.05) is 45.6 Å². The summed E-state index contributed by atoms with van der Waals surface area (Å²) in [6.45, 7) is 5.05. The summed E-state index contributed by atoms with van der Waals surface area (Å²) in [7, 11) is 0. The normalized spacial score (nSPS) is 14.7. The number of amides is 2. The number of para-hydroxylation sites is 2. The molecule has 0 saturated carbocycles. The second-order valence-corrected chi connectivity index (χ2v) is 7.72. The molecule has 29 heavy (non-hydrogen) atoms. The van der Waals surface area contributed by atoms with Crippen LogP contribution in [0.4, 0.5) is 0 Å². The van der Waals surface area contributed by atoms with E-state index in [1.165, 1.54) is 12.8 Å². The molecule has 0 atom stereocenters. The number of fused-ring (bicyclic) bond motifs is 1. The number of aromatic nitrogens is 2. The molecular formula is C22H32N4O3. The fraction of sp³-hybridized carbons (Fsp3) is 0.591. The summed E-state index contributed by atoms with van der Waals surface area (Å²) >= 11 is 0. The Morgan fingerprint density at radius 1 is 0.931 bits per heavy atom. The van der Waals surface area contributed by atoms with Crippen LogP contribution in [-0.4, -0.2) is 45.5 Å². The third-order valence-corrected chi connectivity index (χ3v) is 5.55. The summed E-state index contributed by atoms with van der Waals surface area (Å²) in [6.07, 6.45) is 5.94. The highest BCUT2D eigenvalue weighted by molar-refractivity contribution is 5.79. The molecule has 0 aliphatic carbocycles. The van der Waals surface area contributed by atoms with Gasteiger partial charge in [0.2, 0.25) is 11.8 Å². The number of carbonyl (C=O) groups is 2. The Morgan fingerprint density at radius 3 is 2.17 bits per heavy atom. The first-order valence-electron chi connectivity index (χ1n) is 10.8. The number of benzene rings is 1. The summed E-state index contributed by atoms with van der Waals surface area (Å²) in [5, 5.41) is 2.83. The zero-order valence-electron chi connectivity index (χ0n) is 17.4. The average molecular weight is 401 g/mol. The molecule has 7 heteroatoms. The predicted octanol–water partition coefficient (Wildman–Crippen LogP) is 2.51. The minimum atomic E-state index is -0.132. The summed E-state index contributed by atoms with van der Waals surface area (Å²) in [4.78, 5) is 39.2. The summed E-state index contributed by atoms with van der Waals surface area (Å²) in [6, 6.07) is 7.69. The van der Waals surface area contributed by atoms with E-state index in [1.54, 1.807) is 9.13 Å². The van der Waals surface area contributed by atoms with E-state index in [0.717, 1.165) is 43.4 Å². The van der Waals surface area contributed by atoms with Crippen LogP contribution >= 0.6 is 0 Å². The van der Waals surface area contributed by atoms with Crippen LogP contribution in [0.15, 0.2) is 29.1 Å². The van der Waals surface area contributed by atoms with Crippen LogP contribution in [-0.2, 0) is 22.7 Å². The zero-order valence-corrected chi connectivity index (χ0v) is 17.4. The monoisotopic (exact) mass is 400 g/mol. The van der Waals surface area contributed by atoms with E-state index < -0.39 is 0 Å². The van der Waals surface area contributed by atoms with Gasteiger partial charge < -0.3 is 10.2 Å². The minimum absolute atomic E-state index is 0.0720. The number of aryl methyl sites for hydroxylation is 2. The molecule has 1 aromatic heterocycles. The van der Waals surface area contributed by atoms with Gasteiger partial charge in [-0.15, -0.1) is 0 Å². The molecular weight excluding hydrogens is 368 g/mol. The number of hydrogen-bond donors (Lipinski definition) is 1. The van der Waals surface area contributed by atoms with Crippen LogP contribution in [0.3, 0.4) is 0 Å². The van der Waals surface area contributed by atoms with Crippen molar-refractivity contribution in [1.82, 2.24) is 19.4 Å². The Morgan fingerprint density at radius 2 is 1.55 bits per heavy atom. The van der Waals surface area contributed by atoms with Crippen molar-refractivity contribution in [3.63, 3.8) is 0 Å². The summed E-state index contributed by atoms with van der Waals surface area (Å²) in [5.41, 5.74) is 1.69. The highest BCUT2D eigenvalue weighted by atomic mass is 16.2. The molecule has 2 aromatic rings. The highest BCUT2D eigenvalue weighted by Gasteiger charge is 2.16. The number of imidazole rings is 1. The first-order valence-corrected chi connectivity index (χ1v) is 10.8. The van der Waals surface area contributed by atoms with Gasteiger partial charge in [-0.3, -0.25) is 18.7 Å². The Balaban J connectivity index is 1.51. The van der Waals surface area contributed by atoms with Crippen molar-refractivity contribution in [3.8, 4) is 0 Å². The van der Waals surface area contributed by atoms with Crippen molar-refractivity contribution in [1.29, 1.82) is 0 Å². The Bertz CT molecular complexity index is 891. The van der Waals surface area contributed by atoms with Crippen LogP contribution in [0.25, 0.3) is 11.0 Å². The smallest absolute Gasteiger partial charge is 0.329 e. The van der Waals surface area contributed by atoms with Crippen molar-refractivity contribution in [2.75, 3.05) is 19.6 Å². The first kappa shape index (κ1) is 21.1. The molecule has 0 radical (unpaired) electrons. The van der Waals surface area contributed by atoms with E-state index in [0.29, 0.717) is 26.1 Å². The molecule has 1 aliphatic heterocycles. The summed E-state index contributed by atoms with van der Waals surface area (Å²) in [5.74, 6) is -0.0149. The van der Waals surface area contributed by atoms with Gasteiger partial charge in [-0.2, -0.15) is 0 Å². The third-order valence-electron chi connectivity index (χ3n) is 5.55. The molecule has 1 aromatic carbocycles. The van der Waals surface area contributed by atoms with Crippen LogP contribution in [0, 0.1) is 0 Å². The SMILES string of the molecule is CCCn1c(=O)n(CCC(=O)NCCC(=O)N2CCCCCC2)c2ccccc21. The molecule has 0 bridgehead atoms. The molecule has 1 saturated heterocycles. The van der Waals surface area contributed by atoms with Gasteiger partial charge in [-0.25, -0.2) is 4.79 Å². The Labute approximate surface area is 171 Å². The number of likely N-dealkylation sites (tertiary alicyclic amines) is 1. The molecule has 1 aliphatic rings. The fourth-order valence-corrected chi connectivity index (χ4v) is 4.02. The van der Waals surface area contributed by atoms with Crippen LogP contribution < -0.4 is 11.0 Å². The van der Waals surface area contributed by atoms with E-state index in [9.17, 15) is 14.4 Å². The Hall–Kier alpha value is -2.57. The molecule has 158 valence electrons. The molecule has 0 spiro atoms. The number of carbonyl (C=O) groups excluding carboxylic acids is 2. The maximum Gasteiger partial charge on any atom is 0.329 e. The van der Waals surface area contributed by atoms with Gasteiger partial charge >= 0.3 is 5.69 Å². The quantitative estimate of drug-likeness (QED) is 0.740. The van der Waals surface area contributed by atoms with Crippen molar-refractivity contribution >= 4 is 22.8 Å². The van der Waals surface area contributed by atoms with E-state index >= 15 is 0 Å². The summed E-state index contributed by atoms with van der Waals surface area (Å²) < 4.78 is 3.44. The maximum absolute atomic E-state index is 12.7. The minimum Gasteiger partial charge on any atom is -0.356 e. The molecule has 2 heterocycles. The van der Waals surface area contributed by atoms with Gasteiger partial charge in [0.15, 0.2) is 0 Å². The molecule has 1 fully saturated rings. The van der Waals surface area contributed by atoms with Gasteiger partial charge in [0.1, 0.15) is 0 Å². The second-order valence-electron chi connectivity index (χ2n) is 7.72. The topological polar surface area (TPSA) is 76.3 Å². The lowest BCUT2D eigenvalue weighted by Crippen LogP contribution is -2.35. The second kappa shape index (κ2) is 10.3. The average Bonchev–Trinajstić information content (AvgIpc) is 2.89. The van der Waals surface area contributed by atoms with Gasteiger partial charge in [0.05, 0.1) is 11.0 Å². The molecule has 3 rings (SSSR count). The Kier molecular flexibility index (Phi) is 7.49. The van der Waals surface area contributed by atoms with E-state index in [1.807, 2.05) is 36.1 Å². The lowest BCUT2D eigenvalue weighted by atomic mass is 10.2. The standard InChI is InChI=1S/C22H32N4O3/c1-2-14-25-18-9-5-6-10-19(18)26(22(25)29)17-12-20(27)23-13-11-21(28)24-15-7-3-4-8-16-24/h5-6,9-10H,2-4,7-8,11-17H2,1H3,(H,23,27). The number of nitrogens with zero attached hydrogens (tertiary/aromatic N) is 3. The lowest BCUT2D eigenvalue weighted by Gasteiger charge is -2.20. The predicted molar refractivity (Wildman–Crippen MR) is 114 cm³/mol. The van der Waals surface area contributed by atoms with Gasteiger partial charge in [0.25, 0.3) is 0 Å². The third kappa shape index (κ3) is 5.28. The van der Waals surface area contributed by atoms with Crippen LogP contribution in [0.2, 0.25) is 0 Å². The van der Waals surface area contributed by atoms with Crippen LogP contribution in [0.5, 0.6) is 0 Å². The molecule has 2 amide bonds. The number of nitrogens with one attached hydrogen (secondary N) is 1. The fourth-order valence-electron chi connectivity index (χ4n) is 4.02. The van der Waals surface area contributed by atoms with Crippen LogP contribution in [0.1, 0.15) is 51.9 Å². The van der Waals surface area contributed by atoms with Gasteiger partial charge in [-0.05, 0) is 31.4 Å². The van der Waals surface area contributed by atoms with E-state index in [4.69, 9.17) is 0 Å². The number of rotatable bonds is 8. The highest BCUT2D eigenvalue weighted by Crippen LogP contribution is 2.14. The maximum atomic E-state index is 12.7. The van der Waals surface area contributed by atoms with E-state index in [-0.39, 0.29) is 23.9 Å². The van der Waals surface area contributed by atoms with Crippen molar-refractivity contribution in [2.45, 2.75) is 65.0 Å². The van der Waals surface area contributed by atoms with E-state index in [2.05, 4.69) is 5.32 Å². The number of hydrogen-bond acceptors (Lipinski definition) is 3. The van der Waals surface area contributed by atoms with Crippen molar-refractivity contribution in [3.05, 3.63) is 34.7 Å². The van der Waals surface area contributed by atoms with Crippen molar-refractivity contribution in [2.24, 2.45) is 0 Å². The zero-order chi connectivity index (χ0) is 20.6. The first-order chi connectivity index (χ1) is 14.1. The van der Waals surface area contributed by atoms with Gasteiger partial charge in [-0.1, -0.05) is 31.9 Å². The lowest BCUT2D eigenvalue weighted by molar-refractivity contribution is -0.131.